The first-order valence-corrected chi connectivity index (χ1v) is 11.9. The van der Waals surface area contributed by atoms with Crippen LogP contribution in [0.15, 0.2) is 0 Å². The summed E-state index contributed by atoms with van der Waals surface area (Å²) >= 11 is -4.20. The number of alkyl halides is 1. The topological polar surface area (TPSA) is 27.7 Å². The summed E-state index contributed by atoms with van der Waals surface area (Å²) in [7, 11) is 0. The van der Waals surface area contributed by atoms with Crippen LogP contribution >= 0.6 is 0 Å². The van der Waals surface area contributed by atoms with Crippen LogP contribution in [-0.4, -0.2) is 41.1 Å². The molecular formula is C13H29FO3Sn. The number of hydrogen-bond acceptors (Lipinski definition) is 3. The van der Waals surface area contributed by atoms with Crippen LogP contribution in [-0.2, 0) is 9.22 Å². The Morgan fingerprint density at radius 3 is 1.00 bits per heavy atom. The SMILES string of the molecule is CC(C)(C)[O][Sn]([CH2]F)([O]C(C)(C)C)[O]C(C)(C)C. The minimum absolute atomic E-state index is 0.474. The van der Waals surface area contributed by atoms with E-state index in [9.17, 15) is 4.39 Å². The summed E-state index contributed by atoms with van der Waals surface area (Å²) in [6, 6.07) is 0. The fraction of sp³-hybridized carbons (Fsp3) is 1.00. The Hall–Kier alpha value is 0.609. The monoisotopic (exact) mass is 372 g/mol. The van der Waals surface area contributed by atoms with Crippen LogP contribution in [0, 0.1) is 0 Å². The van der Waals surface area contributed by atoms with Gasteiger partial charge in [0.1, 0.15) is 0 Å². The van der Waals surface area contributed by atoms with E-state index in [1.807, 2.05) is 62.3 Å². The van der Waals surface area contributed by atoms with E-state index in [-0.39, 0.29) is 0 Å². The van der Waals surface area contributed by atoms with Crippen molar-refractivity contribution in [3.63, 3.8) is 0 Å². The predicted molar refractivity (Wildman–Crippen MR) is 74.2 cm³/mol. The van der Waals surface area contributed by atoms with E-state index in [4.69, 9.17) is 9.22 Å². The Bertz CT molecular complexity index is 220. The third kappa shape index (κ3) is 8.67. The van der Waals surface area contributed by atoms with E-state index in [1.54, 1.807) is 0 Å². The van der Waals surface area contributed by atoms with E-state index in [1.165, 1.54) is 0 Å². The molecule has 0 aliphatic carbocycles. The summed E-state index contributed by atoms with van der Waals surface area (Å²) in [6.45, 7) is 17.1. The molecule has 5 heteroatoms. The Labute approximate surface area is 117 Å². The van der Waals surface area contributed by atoms with Gasteiger partial charge in [-0.25, -0.2) is 0 Å². The van der Waals surface area contributed by atoms with Crippen molar-refractivity contribution in [1.29, 1.82) is 0 Å². The molecule has 18 heavy (non-hydrogen) atoms. The van der Waals surface area contributed by atoms with Crippen molar-refractivity contribution in [1.82, 2.24) is 0 Å². The Morgan fingerprint density at radius 1 is 0.667 bits per heavy atom. The van der Waals surface area contributed by atoms with Gasteiger partial charge in [-0.05, 0) is 0 Å². The van der Waals surface area contributed by atoms with Crippen LogP contribution in [0.5, 0.6) is 0 Å². The second kappa shape index (κ2) is 5.93. The molecule has 0 aromatic carbocycles. The Morgan fingerprint density at radius 2 is 0.889 bits per heavy atom. The molecule has 3 nitrogen and oxygen atoms in total. The van der Waals surface area contributed by atoms with Crippen LogP contribution in [0.1, 0.15) is 62.3 Å². The molecular weight excluding hydrogens is 342 g/mol. The summed E-state index contributed by atoms with van der Waals surface area (Å²) in [4.78, 5) is 0. The second-order valence-electron chi connectivity index (χ2n) is 7.46. The Kier molecular flexibility index (Phi) is 6.14. The maximum atomic E-state index is 13.6. The van der Waals surface area contributed by atoms with Crippen LogP contribution < -0.4 is 0 Å². The zero-order valence-electron chi connectivity index (χ0n) is 13.3. The zero-order chi connectivity index (χ0) is 14.8. The summed E-state index contributed by atoms with van der Waals surface area (Å²) in [5, 5.41) is 0. The van der Waals surface area contributed by atoms with Gasteiger partial charge in [0.25, 0.3) is 0 Å². The third-order valence-corrected chi connectivity index (χ3v) is 10.4. The molecule has 0 aliphatic rings. The van der Waals surface area contributed by atoms with Gasteiger partial charge in [0, 0.05) is 0 Å². The normalized spacial score (nSPS) is 15.0. The molecule has 0 fully saturated rings. The van der Waals surface area contributed by atoms with Gasteiger partial charge in [-0.15, -0.1) is 0 Å². The van der Waals surface area contributed by atoms with E-state index < -0.39 is 41.1 Å². The van der Waals surface area contributed by atoms with Crippen molar-refractivity contribution in [3.05, 3.63) is 0 Å². The molecule has 0 heterocycles. The van der Waals surface area contributed by atoms with E-state index in [0.717, 1.165) is 0 Å². The molecule has 0 rings (SSSR count). The van der Waals surface area contributed by atoms with Crippen LogP contribution in [0.2, 0.25) is 0 Å². The van der Waals surface area contributed by atoms with Crippen molar-refractivity contribution in [2.24, 2.45) is 0 Å². The average Bonchev–Trinajstić information content (AvgIpc) is 1.93. The minimum atomic E-state index is -4.20. The van der Waals surface area contributed by atoms with Crippen LogP contribution in [0.4, 0.5) is 4.39 Å². The molecule has 0 spiro atoms. The zero-order valence-corrected chi connectivity index (χ0v) is 16.2. The van der Waals surface area contributed by atoms with Gasteiger partial charge < -0.3 is 0 Å². The molecule has 0 amide bonds. The average molecular weight is 371 g/mol. The summed E-state index contributed by atoms with van der Waals surface area (Å²) in [6.07, 6.45) is 0. The molecule has 0 saturated carbocycles. The van der Waals surface area contributed by atoms with Gasteiger partial charge in [0.05, 0.1) is 0 Å². The fourth-order valence-electron chi connectivity index (χ4n) is 1.54. The second-order valence-corrected chi connectivity index (χ2v) is 13.9. The van der Waals surface area contributed by atoms with Gasteiger partial charge in [-0.2, -0.15) is 0 Å². The van der Waals surface area contributed by atoms with E-state index in [2.05, 4.69) is 0 Å². The standard InChI is InChI=1S/3C4H9O.CH2F.Sn/c3*1-4(2,3)5;1-2;/h3*1-3H3;1H2;/q3*-1;;+3. The molecule has 0 aromatic rings. The predicted octanol–water partition coefficient (Wildman–Crippen LogP) is 3.88. The molecule has 0 aromatic heterocycles. The first-order valence-electron chi connectivity index (χ1n) is 6.35. The maximum absolute atomic E-state index is 13.6. The molecule has 0 saturated heterocycles. The van der Waals surface area contributed by atoms with Crippen molar-refractivity contribution < 1.29 is 13.6 Å². The van der Waals surface area contributed by atoms with Crippen molar-refractivity contribution in [2.75, 3.05) is 4.69 Å². The summed E-state index contributed by atoms with van der Waals surface area (Å²) < 4.78 is 30.7. The molecule has 0 aliphatic heterocycles. The fourth-order valence-corrected chi connectivity index (χ4v) is 10.4. The van der Waals surface area contributed by atoms with E-state index in [0.29, 0.717) is 0 Å². The molecule has 0 bridgehead atoms. The molecule has 110 valence electrons. The van der Waals surface area contributed by atoms with Crippen molar-refractivity contribution in [2.45, 2.75) is 79.1 Å². The molecule has 0 atom stereocenters. The molecule has 0 N–H and O–H groups in total. The van der Waals surface area contributed by atoms with Gasteiger partial charge in [-0.3, -0.25) is 0 Å². The quantitative estimate of drug-likeness (QED) is 0.703. The van der Waals surface area contributed by atoms with Crippen molar-refractivity contribution >= 4 is 19.6 Å². The molecule has 0 radical (unpaired) electrons. The summed E-state index contributed by atoms with van der Waals surface area (Å²) in [5.41, 5.74) is -1.42. The van der Waals surface area contributed by atoms with Gasteiger partial charge in [-0.1, -0.05) is 0 Å². The van der Waals surface area contributed by atoms with Crippen LogP contribution in [0.3, 0.4) is 0 Å². The van der Waals surface area contributed by atoms with E-state index >= 15 is 0 Å². The van der Waals surface area contributed by atoms with Gasteiger partial charge in [0.2, 0.25) is 0 Å². The molecule has 0 unspecified atom stereocenters. The third-order valence-electron chi connectivity index (χ3n) is 1.55. The first-order chi connectivity index (χ1) is 7.68. The number of halogens is 1. The van der Waals surface area contributed by atoms with Gasteiger partial charge >= 0.3 is 117 Å². The number of hydrogen-bond donors (Lipinski definition) is 0. The van der Waals surface area contributed by atoms with Crippen molar-refractivity contribution in [3.8, 4) is 0 Å². The van der Waals surface area contributed by atoms with Crippen LogP contribution in [0.25, 0.3) is 0 Å². The van der Waals surface area contributed by atoms with Gasteiger partial charge in [0.15, 0.2) is 0 Å². The first kappa shape index (κ1) is 18.6. The number of rotatable bonds is 4. The Balaban J connectivity index is 5.20. The summed E-state index contributed by atoms with van der Waals surface area (Å²) in [5.74, 6) is 0.